The summed E-state index contributed by atoms with van der Waals surface area (Å²) in [6.45, 7) is 0. The van der Waals surface area contributed by atoms with E-state index in [2.05, 4.69) is 9.72 Å². The highest BCUT2D eigenvalue weighted by molar-refractivity contribution is 6.51. The van der Waals surface area contributed by atoms with E-state index >= 15 is 0 Å². The van der Waals surface area contributed by atoms with Crippen LogP contribution in [0.25, 0.3) is 5.76 Å². The number of pyridine rings is 1. The summed E-state index contributed by atoms with van der Waals surface area (Å²) < 4.78 is 42.0. The lowest BCUT2D eigenvalue weighted by Crippen LogP contribution is -2.29. The lowest BCUT2D eigenvalue weighted by molar-refractivity contribution is -0.274. The van der Waals surface area contributed by atoms with Gasteiger partial charge in [0, 0.05) is 29.7 Å². The zero-order valence-electron chi connectivity index (χ0n) is 16.3. The maximum atomic E-state index is 13.0. The summed E-state index contributed by atoms with van der Waals surface area (Å²) in [5, 5.41) is 10.9. The molecular formula is C23H15F3N2O4. The van der Waals surface area contributed by atoms with E-state index in [0.717, 1.165) is 17.0 Å². The molecule has 1 amide bonds. The summed E-state index contributed by atoms with van der Waals surface area (Å²) in [6.07, 6.45) is -2.02. The number of ketones is 1. The minimum absolute atomic E-state index is 0.00480. The van der Waals surface area contributed by atoms with Crippen LogP contribution in [0.3, 0.4) is 0 Å². The number of Topliss-reactive ketones (excluding diaryl/α,β-unsaturated/α-hetero) is 1. The van der Waals surface area contributed by atoms with Gasteiger partial charge in [-0.15, -0.1) is 13.2 Å². The van der Waals surface area contributed by atoms with Gasteiger partial charge in [-0.2, -0.15) is 0 Å². The Kier molecular flexibility index (Phi) is 5.40. The van der Waals surface area contributed by atoms with Crippen LogP contribution in [0, 0.1) is 0 Å². The second-order valence-corrected chi connectivity index (χ2v) is 6.87. The van der Waals surface area contributed by atoms with Crippen LogP contribution in [0.4, 0.5) is 18.9 Å². The second kappa shape index (κ2) is 8.18. The van der Waals surface area contributed by atoms with E-state index in [0.29, 0.717) is 11.1 Å². The van der Waals surface area contributed by atoms with E-state index in [4.69, 9.17) is 0 Å². The van der Waals surface area contributed by atoms with Crippen molar-refractivity contribution in [3.05, 3.63) is 95.8 Å². The molecule has 3 aromatic rings. The van der Waals surface area contributed by atoms with Gasteiger partial charge >= 0.3 is 6.36 Å². The molecule has 32 heavy (non-hydrogen) atoms. The fourth-order valence-corrected chi connectivity index (χ4v) is 3.53. The first-order chi connectivity index (χ1) is 15.3. The third kappa shape index (κ3) is 4.04. The first-order valence-electron chi connectivity index (χ1n) is 9.38. The summed E-state index contributed by atoms with van der Waals surface area (Å²) in [5.74, 6) is -2.92. The van der Waals surface area contributed by atoms with Gasteiger partial charge in [-0.05, 0) is 23.8 Å². The first kappa shape index (κ1) is 21.1. The van der Waals surface area contributed by atoms with Crippen molar-refractivity contribution in [1.82, 2.24) is 4.98 Å². The van der Waals surface area contributed by atoms with Gasteiger partial charge in [0.05, 0.1) is 11.6 Å². The molecule has 1 fully saturated rings. The third-order valence-electron chi connectivity index (χ3n) is 4.82. The third-order valence-corrected chi connectivity index (χ3v) is 4.82. The maximum Gasteiger partial charge on any atom is 0.573 e. The lowest BCUT2D eigenvalue weighted by atomic mass is 9.96. The predicted octanol–water partition coefficient (Wildman–Crippen LogP) is 4.61. The van der Waals surface area contributed by atoms with Gasteiger partial charge in [0.2, 0.25) is 0 Å². The first-order valence-corrected chi connectivity index (χ1v) is 9.38. The van der Waals surface area contributed by atoms with Crippen LogP contribution in [0.5, 0.6) is 5.75 Å². The molecule has 0 spiro atoms. The number of alkyl halides is 3. The van der Waals surface area contributed by atoms with Crippen molar-refractivity contribution < 1.29 is 32.6 Å². The number of aliphatic hydroxyl groups is 1. The van der Waals surface area contributed by atoms with E-state index in [1.807, 2.05) is 0 Å². The molecule has 1 aliphatic rings. The van der Waals surface area contributed by atoms with Crippen molar-refractivity contribution >= 4 is 23.1 Å². The number of benzene rings is 2. The summed E-state index contributed by atoms with van der Waals surface area (Å²) >= 11 is 0. The smallest absolute Gasteiger partial charge is 0.507 e. The Hall–Kier alpha value is -4.14. The van der Waals surface area contributed by atoms with Crippen LogP contribution in [-0.4, -0.2) is 28.1 Å². The molecule has 2 heterocycles. The van der Waals surface area contributed by atoms with Crippen molar-refractivity contribution in [1.29, 1.82) is 0 Å². The van der Waals surface area contributed by atoms with Gasteiger partial charge in [-0.3, -0.25) is 19.5 Å². The number of ether oxygens (including phenoxy) is 1. The van der Waals surface area contributed by atoms with E-state index in [-0.39, 0.29) is 11.3 Å². The van der Waals surface area contributed by atoms with Gasteiger partial charge in [0.25, 0.3) is 11.7 Å². The van der Waals surface area contributed by atoms with Gasteiger partial charge in [0.15, 0.2) is 0 Å². The molecule has 0 saturated carbocycles. The lowest BCUT2D eigenvalue weighted by Gasteiger charge is -2.25. The number of aromatic nitrogens is 1. The Labute approximate surface area is 180 Å². The molecule has 162 valence electrons. The van der Waals surface area contributed by atoms with Crippen molar-refractivity contribution in [3.8, 4) is 5.75 Å². The highest BCUT2D eigenvalue weighted by Crippen LogP contribution is 2.42. The number of anilines is 1. The Morgan fingerprint density at radius 2 is 1.75 bits per heavy atom. The Morgan fingerprint density at radius 1 is 1.00 bits per heavy atom. The molecule has 0 bridgehead atoms. The van der Waals surface area contributed by atoms with Gasteiger partial charge in [0.1, 0.15) is 11.5 Å². The van der Waals surface area contributed by atoms with Crippen molar-refractivity contribution in [2.45, 2.75) is 12.4 Å². The average Bonchev–Trinajstić information content (AvgIpc) is 3.04. The number of hydrogen-bond donors (Lipinski definition) is 1. The number of hydrogen-bond acceptors (Lipinski definition) is 5. The number of amides is 1. The molecule has 4 rings (SSSR count). The van der Waals surface area contributed by atoms with Crippen molar-refractivity contribution in [2.75, 3.05) is 4.90 Å². The van der Waals surface area contributed by atoms with E-state index < -0.39 is 35.6 Å². The van der Waals surface area contributed by atoms with Crippen molar-refractivity contribution in [2.24, 2.45) is 0 Å². The SMILES string of the molecule is O=C1C(=O)N(c2cccc(OC(F)(F)F)c2)C(c2cccnc2)/C1=C(\O)c1ccccc1. The van der Waals surface area contributed by atoms with Gasteiger partial charge in [-0.25, -0.2) is 0 Å². The number of carbonyl (C=O) groups is 2. The van der Waals surface area contributed by atoms with Crippen LogP contribution in [0.15, 0.2) is 84.7 Å². The van der Waals surface area contributed by atoms with Gasteiger partial charge < -0.3 is 9.84 Å². The molecule has 6 nitrogen and oxygen atoms in total. The molecule has 1 N–H and O–H groups in total. The molecule has 1 saturated heterocycles. The van der Waals surface area contributed by atoms with Crippen LogP contribution in [-0.2, 0) is 9.59 Å². The minimum Gasteiger partial charge on any atom is -0.507 e. The Bertz CT molecular complexity index is 1190. The minimum atomic E-state index is -4.93. The summed E-state index contributed by atoms with van der Waals surface area (Å²) in [6, 6.07) is 15.0. The summed E-state index contributed by atoms with van der Waals surface area (Å²) in [4.78, 5) is 31.0. The average molecular weight is 440 g/mol. The Morgan fingerprint density at radius 3 is 2.41 bits per heavy atom. The molecular weight excluding hydrogens is 425 g/mol. The number of rotatable bonds is 4. The van der Waals surface area contributed by atoms with Gasteiger partial charge in [-0.1, -0.05) is 42.5 Å². The number of halogens is 3. The summed E-state index contributed by atoms with van der Waals surface area (Å²) in [5.41, 5.74) is 0.506. The largest absolute Gasteiger partial charge is 0.573 e. The molecule has 1 aromatic heterocycles. The fraction of sp³-hybridized carbons (Fsp3) is 0.0870. The molecule has 0 radical (unpaired) electrons. The fourth-order valence-electron chi connectivity index (χ4n) is 3.53. The van der Waals surface area contributed by atoms with E-state index in [1.165, 1.54) is 24.5 Å². The number of nitrogens with zero attached hydrogens (tertiary/aromatic N) is 2. The standard InChI is InChI=1S/C23H15F3N2O4/c24-23(25,26)32-17-10-4-9-16(12-17)28-19(15-8-5-11-27-13-15)18(21(30)22(28)31)20(29)14-6-2-1-3-7-14/h1-13,19,29H/b20-18+. The van der Waals surface area contributed by atoms with E-state index in [9.17, 15) is 27.9 Å². The normalized spacial score (nSPS) is 18.1. The summed E-state index contributed by atoms with van der Waals surface area (Å²) in [7, 11) is 0. The van der Waals surface area contributed by atoms with Crippen LogP contribution < -0.4 is 9.64 Å². The second-order valence-electron chi connectivity index (χ2n) is 6.87. The molecule has 1 unspecified atom stereocenters. The van der Waals surface area contributed by atoms with E-state index in [1.54, 1.807) is 42.5 Å². The van der Waals surface area contributed by atoms with Crippen LogP contribution >= 0.6 is 0 Å². The predicted molar refractivity (Wildman–Crippen MR) is 109 cm³/mol. The van der Waals surface area contributed by atoms with Crippen LogP contribution in [0.2, 0.25) is 0 Å². The zero-order chi connectivity index (χ0) is 22.9. The molecule has 0 aliphatic carbocycles. The Balaban J connectivity index is 1.88. The zero-order valence-corrected chi connectivity index (χ0v) is 16.3. The number of aliphatic hydroxyl groups excluding tert-OH is 1. The maximum absolute atomic E-state index is 13.0. The van der Waals surface area contributed by atoms with Crippen molar-refractivity contribution in [3.63, 3.8) is 0 Å². The molecule has 1 atom stereocenters. The molecule has 9 heteroatoms. The number of carbonyl (C=O) groups excluding carboxylic acids is 2. The topological polar surface area (TPSA) is 79.7 Å². The van der Waals surface area contributed by atoms with Crippen LogP contribution in [0.1, 0.15) is 17.2 Å². The quantitative estimate of drug-likeness (QED) is 0.364. The highest BCUT2D eigenvalue weighted by Gasteiger charge is 2.47. The monoisotopic (exact) mass is 440 g/mol. The molecule has 1 aliphatic heterocycles. The highest BCUT2D eigenvalue weighted by atomic mass is 19.4. The molecule has 2 aromatic carbocycles.